The van der Waals surface area contributed by atoms with E-state index in [1.807, 2.05) is 25.1 Å². The number of aromatic amines is 1. The van der Waals surface area contributed by atoms with Crippen LogP contribution in [0.4, 0.5) is 11.6 Å². The van der Waals surface area contributed by atoms with Crippen LogP contribution in [-0.2, 0) is 0 Å². The van der Waals surface area contributed by atoms with Gasteiger partial charge in [-0.25, -0.2) is 9.97 Å². The molecule has 1 aliphatic heterocycles. The van der Waals surface area contributed by atoms with Gasteiger partial charge < -0.3 is 20.7 Å². The summed E-state index contributed by atoms with van der Waals surface area (Å²) in [6, 6.07) is 14.6. The lowest BCUT2D eigenvalue weighted by Crippen LogP contribution is -2.38. The fourth-order valence-corrected chi connectivity index (χ4v) is 3.88. The molecule has 0 saturated carbocycles. The predicted molar refractivity (Wildman–Crippen MR) is 127 cm³/mol. The summed E-state index contributed by atoms with van der Waals surface area (Å²) in [6.45, 7) is 3.82. The molecule has 3 aromatic heterocycles. The van der Waals surface area contributed by atoms with Crippen LogP contribution < -0.4 is 20.7 Å². The molecule has 9 heteroatoms. The maximum atomic E-state index is 12.5. The number of anilines is 2. The number of rotatable bonds is 6. The number of hydrogen-bond acceptors (Lipinski definition) is 7. The Kier molecular flexibility index (Phi) is 5.86. The van der Waals surface area contributed by atoms with Crippen molar-refractivity contribution in [2.24, 2.45) is 0 Å². The highest BCUT2D eigenvalue weighted by molar-refractivity contribution is 6.03. The highest BCUT2D eigenvalue weighted by Crippen LogP contribution is 2.33. The number of hydrogen-bond donors (Lipinski definition) is 4. The summed E-state index contributed by atoms with van der Waals surface area (Å²) in [5.74, 6) is 2.27. The van der Waals surface area contributed by atoms with E-state index in [1.54, 1.807) is 36.5 Å². The normalized spacial score (nSPS) is 15.8. The molecular formula is C24H25N7O2. The molecule has 1 aromatic carbocycles. The van der Waals surface area contributed by atoms with E-state index in [0.717, 1.165) is 42.8 Å². The number of H-pyrrole nitrogens is 1. The third-order valence-electron chi connectivity index (χ3n) is 5.54. The van der Waals surface area contributed by atoms with Crippen LogP contribution >= 0.6 is 0 Å². The van der Waals surface area contributed by atoms with Gasteiger partial charge in [0.15, 0.2) is 11.5 Å². The number of aryl methyl sites for hydroxylation is 1. The number of nitrogens with zero attached hydrogens (tertiary/aromatic N) is 3. The molecule has 0 spiro atoms. The van der Waals surface area contributed by atoms with Gasteiger partial charge in [-0.3, -0.25) is 9.89 Å². The Morgan fingerprint density at radius 2 is 2.03 bits per heavy atom. The first kappa shape index (κ1) is 20.9. The van der Waals surface area contributed by atoms with Crippen LogP contribution in [0.25, 0.3) is 11.0 Å². The lowest BCUT2D eigenvalue weighted by Gasteiger charge is -2.23. The van der Waals surface area contributed by atoms with Crippen LogP contribution in [0, 0.1) is 6.92 Å². The third kappa shape index (κ3) is 4.78. The molecule has 9 nitrogen and oxygen atoms in total. The SMILES string of the molecule is Cc1cccc(NC(=O)c2ccc(Oc3ccnc4[nH]nc(NC5CCCNC5)c34)cc2)n1. The molecule has 1 saturated heterocycles. The van der Waals surface area contributed by atoms with Crippen molar-refractivity contribution in [2.45, 2.75) is 25.8 Å². The lowest BCUT2D eigenvalue weighted by atomic mass is 10.1. The fourth-order valence-electron chi connectivity index (χ4n) is 3.88. The van der Waals surface area contributed by atoms with Gasteiger partial charge in [-0.2, -0.15) is 5.10 Å². The first-order valence-electron chi connectivity index (χ1n) is 11.0. The Bertz CT molecular complexity index is 1260. The summed E-state index contributed by atoms with van der Waals surface area (Å²) in [4.78, 5) is 21.2. The number of pyridine rings is 2. The first-order valence-corrected chi connectivity index (χ1v) is 11.0. The van der Waals surface area contributed by atoms with Gasteiger partial charge in [-0.15, -0.1) is 0 Å². The van der Waals surface area contributed by atoms with Crippen molar-refractivity contribution in [1.29, 1.82) is 0 Å². The van der Waals surface area contributed by atoms with Crippen molar-refractivity contribution in [2.75, 3.05) is 23.7 Å². The molecule has 1 amide bonds. The highest BCUT2D eigenvalue weighted by atomic mass is 16.5. The van der Waals surface area contributed by atoms with Gasteiger partial charge in [-0.1, -0.05) is 6.07 Å². The average Bonchev–Trinajstić information content (AvgIpc) is 3.24. The zero-order valence-electron chi connectivity index (χ0n) is 18.3. The minimum Gasteiger partial charge on any atom is -0.456 e. The van der Waals surface area contributed by atoms with Crippen molar-refractivity contribution in [3.8, 4) is 11.5 Å². The molecule has 0 bridgehead atoms. The molecule has 1 fully saturated rings. The third-order valence-corrected chi connectivity index (χ3v) is 5.54. The smallest absolute Gasteiger partial charge is 0.256 e. The van der Waals surface area contributed by atoms with E-state index in [-0.39, 0.29) is 5.91 Å². The van der Waals surface area contributed by atoms with Gasteiger partial charge in [0.25, 0.3) is 5.91 Å². The Morgan fingerprint density at radius 3 is 2.82 bits per heavy atom. The molecule has 1 atom stereocenters. The highest BCUT2D eigenvalue weighted by Gasteiger charge is 2.18. The number of carbonyl (C=O) groups excluding carboxylic acids is 1. The molecule has 5 rings (SSSR count). The molecule has 4 heterocycles. The van der Waals surface area contributed by atoms with Gasteiger partial charge >= 0.3 is 0 Å². The molecule has 1 aliphatic rings. The summed E-state index contributed by atoms with van der Waals surface area (Å²) < 4.78 is 6.15. The summed E-state index contributed by atoms with van der Waals surface area (Å²) in [5, 5.41) is 17.9. The second-order valence-electron chi connectivity index (χ2n) is 8.04. The van der Waals surface area contributed by atoms with Crippen LogP contribution in [0.1, 0.15) is 28.9 Å². The van der Waals surface area contributed by atoms with Gasteiger partial charge in [0.2, 0.25) is 0 Å². The first-order chi connectivity index (χ1) is 16.2. The molecular weight excluding hydrogens is 418 g/mol. The van der Waals surface area contributed by atoms with E-state index >= 15 is 0 Å². The van der Waals surface area contributed by atoms with Crippen molar-refractivity contribution in [3.05, 3.63) is 66.0 Å². The lowest BCUT2D eigenvalue weighted by molar-refractivity contribution is 0.102. The summed E-state index contributed by atoms with van der Waals surface area (Å²) >= 11 is 0. The number of nitrogens with one attached hydrogen (secondary N) is 4. The van der Waals surface area contributed by atoms with E-state index in [4.69, 9.17) is 4.74 Å². The Hall–Kier alpha value is -3.98. The average molecular weight is 444 g/mol. The number of piperidine rings is 1. The quantitative estimate of drug-likeness (QED) is 0.357. The van der Waals surface area contributed by atoms with Crippen LogP contribution in [0.3, 0.4) is 0 Å². The van der Waals surface area contributed by atoms with Gasteiger partial charge in [0, 0.05) is 36.1 Å². The zero-order valence-corrected chi connectivity index (χ0v) is 18.3. The van der Waals surface area contributed by atoms with E-state index in [0.29, 0.717) is 34.6 Å². The number of carbonyl (C=O) groups is 1. The number of aromatic nitrogens is 4. The standard InChI is InChI=1S/C24H25N7O2/c1-15-4-2-6-20(27-15)29-24(32)16-7-9-18(10-8-16)33-19-11-13-26-22-21(19)23(31-30-22)28-17-5-3-12-25-14-17/h2,4,6-11,13,17,25H,3,5,12,14H2,1H3,(H,27,29,32)(H2,26,28,30,31). The molecule has 1 unspecified atom stereocenters. The second kappa shape index (κ2) is 9.25. The summed E-state index contributed by atoms with van der Waals surface area (Å²) in [6.07, 6.45) is 3.89. The minimum absolute atomic E-state index is 0.228. The minimum atomic E-state index is -0.228. The predicted octanol–water partition coefficient (Wildman–Crippen LogP) is 3.87. The van der Waals surface area contributed by atoms with Gasteiger partial charge in [0.05, 0.1) is 0 Å². The number of fused-ring (bicyclic) bond motifs is 1. The van der Waals surface area contributed by atoms with Crippen molar-refractivity contribution >= 4 is 28.6 Å². The van der Waals surface area contributed by atoms with Crippen LogP contribution in [0.15, 0.2) is 54.7 Å². The monoisotopic (exact) mass is 443 g/mol. The maximum absolute atomic E-state index is 12.5. The van der Waals surface area contributed by atoms with Gasteiger partial charge in [0.1, 0.15) is 22.7 Å². The zero-order chi connectivity index (χ0) is 22.6. The summed E-state index contributed by atoms with van der Waals surface area (Å²) in [5.41, 5.74) is 2.01. The van der Waals surface area contributed by atoms with Gasteiger partial charge in [-0.05, 0) is 62.7 Å². The Labute approximate surface area is 191 Å². The number of benzene rings is 1. The van der Waals surface area contributed by atoms with E-state index in [9.17, 15) is 4.79 Å². The molecule has 168 valence electrons. The largest absolute Gasteiger partial charge is 0.456 e. The Morgan fingerprint density at radius 1 is 1.15 bits per heavy atom. The van der Waals surface area contributed by atoms with Crippen LogP contribution in [0.2, 0.25) is 0 Å². The van der Waals surface area contributed by atoms with Crippen molar-refractivity contribution < 1.29 is 9.53 Å². The number of ether oxygens (including phenoxy) is 1. The molecule has 0 radical (unpaired) electrons. The van der Waals surface area contributed by atoms with E-state index in [1.165, 1.54) is 0 Å². The maximum Gasteiger partial charge on any atom is 0.256 e. The second-order valence-corrected chi connectivity index (χ2v) is 8.04. The van der Waals surface area contributed by atoms with Crippen molar-refractivity contribution in [3.63, 3.8) is 0 Å². The number of amides is 1. The van der Waals surface area contributed by atoms with Crippen molar-refractivity contribution in [1.82, 2.24) is 25.5 Å². The molecule has 33 heavy (non-hydrogen) atoms. The topological polar surface area (TPSA) is 117 Å². The fraction of sp³-hybridized carbons (Fsp3) is 0.250. The molecule has 0 aliphatic carbocycles. The van der Waals surface area contributed by atoms with E-state index < -0.39 is 0 Å². The summed E-state index contributed by atoms with van der Waals surface area (Å²) in [7, 11) is 0. The van der Waals surface area contributed by atoms with Crippen LogP contribution in [0.5, 0.6) is 11.5 Å². The van der Waals surface area contributed by atoms with Crippen LogP contribution in [-0.4, -0.2) is 45.2 Å². The molecule has 4 N–H and O–H groups in total. The molecule has 4 aromatic rings. The van der Waals surface area contributed by atoms with E-state index in [2.05, 4.69) is 36.1 Å². The Balaban J connectivity index is 1.32.